The highest BCUT2D eigenvalue weighted by Crippen LogP contribution is 2.22. The highest BCUT2D eigenvalue weighted by molar-refractivity contribution is 7.08. The van der Waals surface area contributed by atoms with E-state index in [9.17, 15) is 0 Å². The summed E-state index contributed by atoms with van der Waals surface area (Å²) in [6.07, 6.45) is 0. The number of aromatic nitrogens is 2. The Labute approximate surface area is 125 Å². The van der Waals surface area contributed by atoms with Crippen molar-refractivity contribution in [1.29, 1.82) is 0 Å². The highest BCUT2D eigenvalue weighted by Gasteiger charge is 2.09. The lowest BCUT2D eigenvalue weighted by atomic mass is 10.2. The van der Waals surface area contributed by atoms with Gasteiger partial charge in [0.2, 0.25) is 11.7 Å². The van der Waals surface area contributed by atoms with E-state index in [2.05, 4.69) is 15.5 Å². The van der Waals surface area contributed by atoms with Gasteiger partial charge in [0.05, 0.1) is 6.54 Å². The highest BCUT2D eigenvalue weighted by atomic mass is 35.5. The van der Waals surface area contributed by atoms with E-state index in [1.54, 1.807) is 11.3 Å². The summed E-state index contributed by atoms with van der Waals surface area (Å²) in [4.78, 5) is 4.35. The Morgan fingerprint density at radius 3 is 3.05 bits per heavy atom. The molecule has 2 heterocycles. The summed E-state index contributed by atoms with van der Waals surface area (Å²) in [7, 11) is 0. The molecule has 0 aliphatic carbocycles. The zero-order chi connectivity index (χ0) is 13.9. The largest absolute Gasteiger partial charge is 0.376 e. The fraction of sp³-hybridized carbons (Fsp3) is 0.143. The van der Waals surface area contributed by atoms with Crippen LogP contribution in [0.4, 0.5) is 5.69 Å². The number of aryl methyl sites for hydroxylation is 1. The molecule has 1 aromatic carbocycles. The first kappa shape index (κ1) is 13.1. The molecule has 0 unspecified atom stereocenters. The van der Waals surface area contributed by atoms with Gasteiger partial charge in [-0.2, -0.15) is 16.3 Å². The Morgan fingerprint density at radius 1 is 1.35 bits per heavy atom. The van der Waals surface area contributed by atoms with Gasteiger partial charge in [0.1, 0.15) is 0 Å². The monoisotopic (exact) mass is 305 g/mol. The zero-order valence-electron chi connectivity index (χ0n) is 10.8. The number of benzene rings is 1. The minimum atomic E-state index is 0.471. The molecule has 0 amide bonds. The topological polar surface area (TPSA) is 51.0 Å². The maximum Gasteiger partial charge on any atom is 0.246 e. The predicted molar refractivity (Wildman–Crippen MR) is 81.1 cm³/mol. The smallest absolute Gasteiger partial charge is 0.246 e. The Morgan fingerprint density at radius 2 is 2.25 bits per heavy atom. The summed E-state index contributed by atoms with van der Waals surface area (Å²) in [6.45, 7) is 2.49. The molecule has 6 heteroatoms. The zero-order valence-corrected chi connectivity index (χ0v) is 12.3. The van der Waals surface area contributed by atoms with Crippen LogP contribution in [0.5, 0.6) is 0 Å². The van der Waals surface area contributed by atoms with Gasteiger partial charge >= 0.3 is 0 Å². The number of hydrogen-bond acceptors (Lipinski definition) is 5. The first-order valence-electron chi connectivity index (χ1n) is 6.07. The van der Waals surface area contributed by atoms with Crippen LogP contribution >= 0.6 is 22.9 Å². The van der Waals surface area contributed by atoms with E-state index in [4.69, 9.17) is 16.1 Å². The Bertz CT molecular complexity index is 709. The maximum atomic E-state index is 5.98. The number of halogens is 1. The van der Waals surface area contributed by atoms with E-state index in [0.29, 0.717) is 23.3 Å². The Balaban J connectivity index is 1.71. The van der Waals surface area contributed by atoms with Gasteiger partial charge in [-0.05, 0) is 36.1 Å². The quantitative estimate of drug-likeness (QED) is 0.777. The lowest BCUT2D eigenvalue weighted by Crippen LogP contribution is -2.01. The molecule has 2 aromatic heterocycles. The number of hydrogen-bond donors (Lipinski definition) is 1. The Hall–Kier alpha value is -1.85. The number of thiophene rings is 1. The van der Waals surface area contributed by atoms with Gasteiger partial charge in [0, 0.05) is 21.7 Å². The lowest BCUT2D eigenvalue weighted by Gasteiger charge is -2.07. The molecule has 0 radical (unpaired) electrons. The molecule has 0 saturated carbocycles. The summed E-state index contributed by atoms with van der Waals surface area (Å²) < 4.78 is 5.23. The van der Waals surface area contributed by atoms with Crippen molar-refractivity contribution in [3.05, 3.63) is 51.5 Å². The van der Waals surface area contributed by atoms with Gasteiger partial charge in [-0.25, -0.2) is 0 Å². The number of nitrogens with zero attached hydrogens (tertiary/aromatic N) is 2. The standard InChI is InChI=1S/C14H12ClN3OS/c1-9-2-3-11(15)6-12(9)16-7-13-17-14(18-19-13)10-4-5-20-8-10/h2-6,8,16H,7H2,1H3. The van der Waals surface area contributed by atoms with Gasteiger partial charge in [0.15, 0.2) is 0 Å². The fourth-order valence-electron chi connectivity index (χ4n) is 1.79. The molecule has 0 bridgehead atoms. The lowest BCUT2D eigenvalue weighted by molar-refractivity contribution is 0.384. The normalized spacial score (nSPS) is 10.7. The third kappa shape index (κ3) is 2.84. The van der Waals surface area contributed by atoms with E-state index in [1.165, 1.54) is 0 Å². The summed E-state index contributed by atoms with van der Waals surface area (Å²) >= 11 is 7.59. The molecule has 0 saturated heterocycles. The first-order chi connectivity index (χ1) is 9.72. The molecule has 1 N–H and O–H groups in total. The average molecular weight is 306 g/mol. The predicted octanol–water partition coefficient (Wildman–Crippen LogP) is 4.37. The van der Waals surface area contributed by atoms with Gasteiger partial charge in [-0.1, -0.05) is 22.8 Å². The SMILES string of the molecule is Cc1ccc(Cl)cc1NCc1nc(-c2ccsc2)no1. The summed E-state index contributed by atoms with van der Waals surface area (Å²) in [5, 5.41) is 11.9. The van der Waals surface area contributed by atoms with Crippen molar-refractivity contribution in [3.8, 4) is 11.4 Å². The molecule has 20 heavy (non-hydrogen) atoms. The average Bonchev–Trinajstić information content (AvgIpc) is 3.09. The molecule has 3 rings (SSSR count). The van der Waals surface area contributed by atoms with Crippen LogP contribution in [0, 0.1) is 6.92 Å². The molecular formula is C14H12ClN3OS. The third-order valence-electron chi connectivity index (χ3n) is 2.88. The molecule has 0 aliphatic heterocycles. The van der Waals surface area contributed by atoms with E-state index in [0.717, 1.165) is 16.8 Å². The van der Waals surface area contributed by atoms with Crippen molar-refractivity contribution in [2.75, 3.05) is 5.32 Å². The van der Waals surface area contributed by atoms with Crippen molar-refractivity contribution in [2.45, 2.75) is 13.5 Å². The number of rotatable bonds is 4. The van der Waals surface area contributed by atoms with Crippen molar-refractivity contribution < 1.29 is 4.52 Å². The van der Waals surface area contributed by atoms with E-state index in [1.807, 2.05) is 41.9 Å². The van der Waals surface area contributed by atoms with Crippen LogP contribution in [0.15, 0.2) is 39.5 Å². The summed E-state index contributed by atoms with van der Waals surface area (Å²) in [5.41, 5.74) is 3.06. The van der Waals surface area contributed by atoms with E-state index in [-0.39, 0.29) is 0 Å². The minimum Gasteiger partial charge on any atom is -0.376 e. The van der Waals surface area contributed by atoms with Gasteiger partial charge < -0.3 is 9.84 Å². The Kier molecular flexibility index (Phi) is 3.71. The second-order valence-electron chi connectivity index (χ2n) is 4.34. The van der Waals surface area contributed by atoms with Crippen LogP contribution in [0.25, 0.3) is 11.4 Å². The van der Waals surface area contributed by atoms with Gasteiger partial charge in [-0.15, -0.1) is 0 Å². The molecule has 4 nitrogen and oxygen atoms in total. The van der Waals surface area contributed by atoms with Gasteiger partial charge in [-0.3, -0.25) is 0 Å². The molecular weight excluding hydrogens is 294 g/mol. The second kappa shape index (κ2) is 5.64. The van der Waals surface area contributed by atoms with Crippen LogP contribution in [0.1, 0.15) is 11.5 Å². The number of anilines is 1. The second-order valence-corrected chi connectivity index (χ2v) is 5.55. The first-order valence-corrected chi connectivity index (χ1v) is 7.39. The molecule has 0 atom stereocenters. The van der Waals surface area contributed by atoms with Crippen molar-refractivity contribution in [2.24, 2.45) is 0 Å². The van der Waals surface area contributed by atoms with Crippen LogP contribution < -0.4 is 5.32 Å². The van der Waals surface area contributed by atoms with Crippen LogP contribution in [0.3, 0.4) is 0 Å². The van der Waals surface area contributed by atoms with Crippen molar-refractivity contribution in [1.82, 2.24) is 10.1 Å². The van der Waals surface area contributed by atoms with Gasteiger partial charge in [0.25, 0.3) is 0 Å². The maximum absolute atomic E-state index is 5.98. The molecule has 0 aliphatic rings. The van der Waals surface area contributed by atoms with Crippen molar-refractivity contribution >= 4 is 28.6 Å². The molecule has 0 fully saturated rings. The molecule has 3 aromatic rings. The number of nitrogens with one attached hydrogen (secondary N) is 1. The third-order valence-corrected chi connectivity index (χ3v) is 3.80. The van der Waals surface area contributed by atoms with E-state index >= 15 is 0 Å². The molecule has 102 valence electrons. The van der Waals surface area contributed by atoms with E-state index < -0.39 is 0 Å². The summed E-state index contributed by atoms with van der Waals surface area (Å²) in [5.74, 6) is 1.16. The van der Waals surface area contributed by atoms with Crippen molar-refractivity contribution in [3.63, 3.8) is 0 Å². The minimum absolute atomic E-state index is 0.471. The fourth-order valence-corrected chi connectivity index (χ4v) is 2.60. The molecule has 0 spiro atoms. The summed E-state index contributed by atoms with van der Waals surface area (Å²) in [6, 6.07) is 7.68. The van der Waals surface area contributed by atoms with Crippen LogP contribution in [-0.2, 0) is 6.54 Å². The van der Waals surface area contributed by atoms with Crippen LogP contribution in [-0.4, -0.2) is 10.1 Å². The van der Waals surface area contributed by atoms with Crippen LogP contribution in [0.2, 0.25) is 5.02 Å².